The number of aliphatic hydroxyl groups excluding tert-OH is 1. The molecule has 0 aliphatic heterocycles. The second-order valence-electron chi connectivity index (χ2n) is 7.76. The summed E-state index contributed by atoms with van der Waals surface area (Å²) >= 11 is 0. The monoisotopic (exact) mass is 347 g/mol. The molecule has 0 heterocycles. The van der Waals surface area contributed by atoms with Crippen LogP contribution in [-0.4, -0.2) is 22.1 Å². The van der Waals surface area contributed by atoms with Gasteiger partial charge in [-0.1, -0.05) is 60.7 Å². The van der Waals surface area contributed by atoms with Gasteiger partial charge in [0.05, 0.1) is 16.8 Å². The Balaban J connectivity index is 2.04. The van der Waals surface area contributed by atoms with E-state index in [0.29, 0.717) is 24.1 Å². The van der Waals surface area contributed by atoms with Crippen molar-refractivity contribution in [3.63, 3.8) is 0 Å². The van der Waals surface area contributed by atoms with Crippen LogP contribution in [-0.2, 0) is 4.79 Å². The predicted molar refractivity (Wildman–Crippen MR) is 106 cm³/mol. The number of allylic oxidation sites excluding steroid dienone is 2. The van der Waals surface area contributed by atoms with Gasteiger partial charge in [-0.15, -0.1) is 0 Å². The summed E-state index contributed by atoms with van der Waals surface area (Å²) in [5.74, 6) is 0.107. The highest BCUT2D eigenvalue weighted by Gasteiger charge is 2.32. The van der Waals surface area contributed by atoms with Crippen LogP contribution < -0.4 is 0 Å². The molecule has 0 fully saturated rings. The lowest BCUT2D eigenvalue weighted by Crippen LogP contribution is -2.26. The minimum absolute atomic E-state index is 0.0131. The van der Waals surface area contributed by atoms with E-state index in [-0.39, 0.29) is 23.0 Å². The maximum absolute atomic E-state index is 13.0. The molecule has 1 aliphatic carbocycles. The van der Waals surface area contributed by atoms with E-state index in [9.17, 15) is 9.90 Å². The maximum atomic E-state index is 13.0. The molecule has 0 amide bonds. The second kappa shape index (κ2) is 7.28. The SMILES string of the molecule is CC(C)(C)N=C(C1=C(O)CC(c2ccccc2)CC1=O)c1ccccc1. The zero-order valence-electron chi connectivity index (χ0n) is 15.6. The summed E-state index contributed by atoms with van der Waals surface area (Å²) in [5.41, 5.74) is 2.55. The first-order chi connectivity index (χ1) is 12.3. The number of benzene rings is 2. The standard InChI is InChI=1S/C23H25NO2/c1-23(2,3)24-22(17-12-8-5-9-13-17)21-19(25)14-18(15-20(21)26)16-10-6-4-7-11-16/h4-13,18,25H,14-15H2,1-3H3. The number of carbonyl (C=O) groups is 1. The van der Waals surface area contributed by atoms with Gasteiger partial charge < -0.3 is 5.11 Å². The van der Waals surface area contributed by atoms with Gasteiger partial charge in [0.25, 0.3) is 0 Å². The Morgan fingerprint density at radius 2 is 1.54 bits per heavy atom. The summed E-state index contributed by atoms with van der Waals surface area (Å²) < 4.78 is 0. The fourth-order valence-corrected chi connectivity index (χ4v) is 3.32. The van der Waals surface area contributed by atoms with Crippen LogP contribution >= 0.6 is 0 Å². The molecule has 26 heavy (non-hydrogen) atoms. The first-order valence-electron chi connectivity index (χ1n) is 9.01. The molecule has 1 atom stereocenters. The van der Waals surface area contributed by atoms with Crippen LogP contribution in [0.4, 0.5) is 0 Å². The molecule has 0 saturated heterocycles. The van der Waals surface area contributed by atoms with Crippen molar-refractivity contribution in [3.8, 4) is 0 Å². The number of aliphatic hydroxyl groups is 1. The second-order valence-corrected chi connectivity index (χ2v) is 7.76. The molecule has 0 aromatic heterocycles. The summed E-state index contributed by atoms with van der Waals surface area (Å²) in [6, 6.07) is 19.5. The molecule has 2 aromatic rings. The van der Waals surface area contributed by atoms with Gasteiger partial charge in [-0.2, -0.15) is 0 Å². The Morgan fingerprint density at radius 1 is 0.962 bits per heavy atom. The van der Waals surface area contributed by atoms with Crippen LogP contribution in [0.15, 0.2) is 77.0 Å². The molecule has 0 bridgehead atoms. The molecule has 0 spiro atoms. The lowest BCUT2D eigenvalue weighted by molar-refractivity contribution is -0.116. The van der Waals surface area contributed by atoms with Crippen LogP contribution in [0.25, 0.3) is 0 Å². The molecule has 0 radical (unpaired) electrons. The summed E-state index contributed by atoms with van der Waals surface area (Å²) in [5, 5.41) is 10.8. The number of carbonyl (C=O) groups excluding carboxylic acids is 1. The van der Waals surface area contributed by atoms with Crippen molar-refractivity contribution in [2.24, 2.45) is 4.99 Å². The van der Waals surface area contributed by atoms with Crippen molar-refractivity contribution in [2.75, 3.05) is 0 Å². The third-order valence-corrected chi connectivity index (χ3v) is 4.44. The number of ketones is 1. The lowest BCUT2D eigenvalue weighted by atomic mass is 9.80. The lowest BCUT2D eigenvalue weighted by Gasteiger charge is -2.26. The topological polar surface area (TPSA) is 49.7 Å². The van der Waals surface area contributed by atoms with Gasteiger partial charge in [0.2, 0.25) is 0 Å². The van der Waals surface area contributed by atoms with E-state index in [4.69, 9.17) is 4.99 Å². The van der Waals surface area contributed by atoms with Crippen molar-refractivity contribution in [2.45, 2.75) is 45.1 Å². The number of nitrogens with zero attached hydrogens (tertiary/aromatic N) is 1. The average Bonchev–Trinajstić information content (AvgIpc) is 2.61. The largest absolute Gasteiger partial charge is 0.511 e. The minimum Gasteiger partial charge on any atom is -0.511 e. The number of rotatable bonds is 3. The van der Waals surface area contributed by atoms with Gasteiger partial charge in [0.15, 0.2) is 5.78 Å². The minimum atomic E-state index is -0.352. The van der Waals surface area contributed by atoms with Gasteiger partial charge in [-0.05, 0) is 32.3 Å². The zero-order chi connectivity index (χ0) is 18.7. The molecule has 3 nitrogen and oxygen atoms in total. The maximum Gasteiger partial charge on any atom is 0.169 e. The van der Waals surface area contributed by atoms with E-state index in [1.807, 2.05) is 81.4 Å². The molecule has 1 aliphatic rings. The molecule has 2 aromatic carbocycles. The summed E-state index contributed by atoms with van der Waals surface area (Å²) in [6.45, 7) is 5.98. The van der Waals surface area contributed by atoms with E-state index in [1.54, 1.807) is 0 Å². The number of Topliss-reactive ketones (excluding diaryl/α,β-unsaturated/α-hetero) is 1. The van der Waals surface area contributed by atoms with Crippen LogP contribution in [0.5, 0.6) is 0 Å². The van der Waals surface area contributed by atoms with E-state index < -0.39 is 0 Å². The van der Waals surface area contributed by atoms with E-state index in [0.717, 1.165) is 11.1 Å². The van der Waals surface area contributed by atoms with Crippen molar-refractivity contribution in [3.05, 3.63) is 83.1 Å². The average molecular weight is 347 g/mol. The predicted octanol–water partition coefficient (Wildman–Crippen LogP) is 5.23. The highest BCUT2D eigenvalue weighted by atomic mass is 16.3. The van der Waals surface area contributed by atoms with Crippen molar-refractivity contribution in [1.29, 1.82) is 0 Å². The molecule has 3 heteroatoms. The van der Waals surface area contributed by atoms with Gasteiger partial charge in [0, 0.05) is 18.4 Å². The van der Waals surface area contributed by atoms with Crippen LogP contribution in [0.3, 0.4) is 0 Å². The fraction of sp³-hybridized carbons (Fsp3) is 0.304. The zero-order valence-corrected chi connectivity index (χ0v) is 15.6. The molecule has 3 rings (SSSR count). The van der Waals surface area contributed by atoms with Gasteiger partial charge >= 0.3 is 0 Å². The Hall–Kier alpha value is -2.68. The third kappa shape index (κ3) is 4.10. The highest BCUT2D eigenvalue weighted by Crippen LogP contribution is 2.35. The highest BCUT2D eigenvalue weighted by molar-refractivity contribution is 6.29. The fourth-order valence-electron chi connectivity index (χ4n) is 3.32. The Morgan fingerprint density at radius 3 is 2.08 bits per heavy atom. The number of hydrogen-bond donors (Lipinski definition) is 1. The summed E-state index contributed by atoms with van der Waals surface area (Å²) in [6.07, 6.45) is 0.848. The normalized spacial score (nSPS) is 19.0. The first kappa shape index (κ1) is 18.1. The molecular formula is C23H25NO2. The molecule has 1 N–H and O–H groups in total. The van der Waals surface area contributed by atoms with Crippen LogP contribution in [0.1, 0.15) is 50.7 Å². The Labute approximate surface area is 155 Å². The van der Waals surface area contributed by atoms with Gasteiger partial charge in [-0.3, -0.25) is 9.79 Å². The molecule has 0 saturated carbocycles. The molecular weight excluding hydrogens is 322 g/mol. The quantitative estimate of drug-likeness (QED) is 0.773. The smallest absolute Gasteiger partial charge is 0.169 e. The van der Waals surface area contributed by atoms with E-state index in [2.05, 4.69) is 0 Å². The summed E-state index contributed by atoms with van der Waals surface area (Å²) in [4.78, 5) is 17.8. The first-order valence-corrected chi connectivity index (χ1v) is 9.01. The van der Waals surface area contributed by atoms with E-state index in [1.165, 1.54) is 0 Å². The molecule has 134 valence electrons. The number of aliphatic imine (C=N–C) groups is 1. The van der Waals surface area contributed by atoms with Crippen molar-refractivity contribution < 1.29 is 9.90 Å². The van der Waals surface area contributed by atoms with Crippen LogP contribution in [0.2, 0.25) is 0 Å². The van der Waals surface area contributed by atoms with E-state index >= 15 is 0 Å². The van der Waals surface area contributed by atoms with Crippen molar-refractivity contribution >= 4 is 11.5 Å². The molecule has 1 unspecified atom stereocenters. The number of hydrogen-bond acceptors (Lipinski definition) is 3. The van der Waals surface area contributed by atoms with Crippen molar-refractivity contribution in [1.82, 2.24) is 0 Å². The Kier molecular flexibility index (Phi) is 5.08. The third-order valence-electron chi connectivity index (χ3n) is 4.44. The Bertz CT molecular complexity index is 843. The van der Waals surface area contributed by atoms with Gasteiger partial charge in [0.1, 0.15) is 5.76 Å². The van der Waals surface area contributed by atoms with Crippen LogP contribution in [0, 0.1) is 0 Å². The summed E-state index contributed by atoms with van der Waals surface area (Å²) in [7, 11) is 0. The van der Waals surface area contributed by atoms with Gasteiger partial charge in [-0.25, -0.2) is 0 Å².